The molecule has 21 heavy (non-hydrogen) atoms. The van der Waals surface area contributed by atoms with E-state index in [0.717, 1.165) is 24.3 Å². The van der Waals surface area contributed by atoms with Crippen LogP contribution in [0.4, 0.5) is 14.5 Å². The first-order valence-electron chi connectivity index (χ1n) is 5.95. The molecule has 0 aliphatic rings. The first-order chi connectivity index (χ1) is 9.99. The largest absolute Gasteiger partial charge is 0.489 e. The molecule has 0 fully saturated rings. The van der Waals surface area contributed by atoms with Crippen LogP contribution in [0.3, 0.4) is 0 Å². The zero-order valence-corrected chi connectivity index (χ0v) is 10.8. The van der Waals surface area contributed by atoms with Gasteiger partial charge in [0.1, 0.15) is 24.0 Å². The maximum absolute atomic E-state index is 13.3. The quantitative estimate of drug-likeness (QED) is 0.680. The minimum absolute atomic E-state index is 0.142. The fourth-order valence-electron chi connectivity index (χ4n) is 1.80. The van der Waals surface area contributed by atoms with Gasteiger partial charge in [0.15, 0.2) is 0 Å². The van der Waals surface area contributed by atoms with Crippen molar-refractivity contribution in [2.75, 3.05) is 0 Å². The fraction of sp³-hybridized carbons (Fsp3) is 0.143. The van der Waals surface area contributed by atoms with Crippen LogP contribution in [0.1, 0.15) is 11.1 Å². The summed E-state index contributed by atoms with van der Waals surface area (Å²) in [5, 5.41) is 19.7. The lowest BCUT2D eigenvalue weighted by molar-refractivity contribution is -0.385. The van der Waals surface area contributed by atoms with Gasteiger partial charge < -0.3 is 9.84 Å². The molecule has 0 radical (unpaired) electrons. The number of nitro groups is 1. The van der Waals surface area contributed by atoms with E-state index >= 15 is 0 Å². The number of aliphatic hydroxyl groups excluding tert-OH is 1. The summed E-state index contributed by atoms with van der Waals surface area (Å²) in [6.45, 7) is -0.562. The molecule has 0 saturated carbocycles. The fourth-order valence-corrected chi connectivity index (χ4v) is 1.80. The Kier molecular flexibility index (Phi) is 4.44. The molecule has 0 amide bonds. The minimum Gasteiger partial charge on any atom is -0.489 e. The number of halogens is 2. The first kappa shape index (κ1) is 14.9. The number of nitrogens with zero attached hydrogens (tertiary/aromatic N) is 1. The van der Waals surface area contributed by atoms with Gasteiger partial charge in [0.25, 0.3) is 5.69 Å². The molecule has 2 aromatic rings. The molecule has 7 heteroatoms. The van der Waals surface area contributed by atoms with Crippen LogP contribution in [-0.2, 0) is 13.2 Å². The van der Waals surface area contributed by atoms with Crippen molar-refractivity contribution in [2.24, 2.45) is 0 Å². The molecule has 0 heterocycles. The summed E-state index contributed by atoms with van der Waals surface area (Å²) in [5.41, 5.74) is 0.117. The molecule has 0 atom stereocenters. The molecule has 0 saturated heterocycles. The molecule has 2 aromatic carbocycles. The van der Waals surface area contributed by atoms with Gasteiger partial charge in [0.05, 0.1) is 17.6 Å². The predicted octanol–water partition coefficient (Wildman–Crippen LogP) is 2.94. The van der Waals surface area contributed by atoms with E-state index in [2.05, 4.69) is 0 Å². The van der Waals surface area contributed by atoms with E-state index < -0.39 is 23.2 Å². The highest BCUT2D eigenvalue weighted by molar-refractivity contribution is 5.36. The van der Waals surface area contributed by atoms with E-state index in [1.54, 1.807) is 0 Å². The molecule has 0 aromatic heterocycles. The number of nitro benzene ring substituents is 1. The van der Waals surface area contributed by atoms with Gasteiger partial charge >= 0.3 is 0 Å². The van der Waals surface area contributed by atoms with Gasteiger partial charge in [-0.1, -0.05) is 0 Å². The van der Waals surface area contributed by atoms with Crippen molar-refractivity contribution in [2.45, 2.75) is 13.2 Å². The highest BCUT2D eigenvalue weighted by atomic mass is 19.1. The molecular formula is C14H11F2NO4. The molecule has 0 aliphatic carbocycles. The Labute approximate surface area is 118 Å². The summed E-state index contributed by atoms with van der Waals surface area (Å²) >= 11 is 0. The van der Waals surface area contributed by atoms with Crippen molar-refractivity contribution in [3.63, 3.8) is 0 Å². The van der Waals surface area contributed by atoms with Crippen molar-refractivity contribution in [3.05, 3.63) is 69.3 Å². The first-order valence-corrected chi connectivity index (χ1v) is 5.95. The highest BCUT2D eigenvalue weighted by Gasteiger charge is 2.11. The van der Waals surface area contributed by atoms with E-state index in [-0.39, 0.29) is 29.2 Å². The Morgan fingerprint density at radius 3 is 2.57 bits per heavy atom. The molecule has 0 bridgehead atoms. The van der Waals surface area contributed by atoms with E-state index in [0.29, 0.717) is 0 Å². The van der Waals surface area contributed by atoms with Gasteiger partial charge in [-0.3, -0.25) is 10.1 Å². The van der Waals surface area contributed by atoms with Crippen LogP contribution in [0.5, 0.6) is 5.75 Å². The molecule has 0 spiro atoms. The molecule has 2 rings (SSSR count). The van der Waals surface area contributed by atoms with Crippen molar-refractivity contribution in [1.82, 2.24) is 0 Å². The maximum atomic E-state index is 13.3. The van der Waals surface area contributed by atoms with Crippen LogP contribution in [0, 0.1) is 21.7 Å². The Morgan fingerprint density at radius 1 is 1.14 bits per heavy atom. The lowest BCUT2D eigenvalue weighted by Crippen LogP contribution is -2.01. The second-order valence-electron chi connectivity index (χ2n) is 4.27. The number of non-ortho nitro benzene ring substituents is 1. The van der Waals surface area contributed by atoms with E-state index in [1.165, 1.54) is 12.1 Å². The SMILES string of the molecule is O=[N+]([O-])c1cc(F)cc(COc2ccc(F)cc2CO)c1. The lowest BCUT2D eigenvalue weighted by Gasteiger charge is -2.10. The minimum atomic E-state index is -0.746. The van der Waals surface area contributed by atoms with E-state index in [4.69, 9.17) is 9.84 Å². The average Bonchev–Trinajstić information content (AvgIpc) is 2.45. The Bertz CT molecular complexity index is 676. The zero-order chi connectivity index (χ0) is 15.4. The third kappa shape index (κ3) is 3.73. The zero-order valence-electron chi connectivity index (χ0n) is 10.8. The monoisotopic (exact) mass is 295 g/mol. The standard InChI is InChI=1S/C14H11F2NO4/c15-11-1-2-14(10(5-11)7-18)21-8-9-3-12(16)6-13(4-9)17(19)20/h1-6,18H,7-8H2. The smallest absolute Gasteiger partial charge is 0.272 e. The molecule has 5 nitrogen and oxygen atoms in total. The summed E-state index contributed by atoms with van der Waals surface area (Å²) in [7, 11) is 0. The summed E-state index contributed by atoms with van der Waals surface area (Å²) in [6, 6.07) is 6.70. The number of ether oxygens (including phenoxy) is 1. The molecule has 1 N–H and O–H groups in total. The van der Waals surface area contributed by atoms with Crippen molar-refractivity contribution in [1.29, 1.82) is 0 Å². The number of benzene rings is 2. The van der Waals surface area contributed by atoms with Gasteiger partial charge in [-0.2, -0.15) is 0 Å². The van der Waals surface area contributed by atoms with Crippen LogP contribution in [-0.4, -0.2) is 10.0 Å². The van der Waals surface area contributed by atoms with Gasteiger partial charge in [-0.15, -0.1) is 0 Å². The molecule has 0 aliphatic heterocycles. The third-order valence-electron chi connectivity index (χ3n) is 2.74. The van der Waals surface area contributed by atoms with Crippen LogP contribution in [0.25, 0.3) is 0 Å². The topological polar surface area (TPSA) is 72.6 Å². The summed E-state index contributed by atoms with van der Waals surface area (Å²) in [5.74, 6) is -1.04. The van der Waals surface area contributed by atoms with E-state index in [9.17, 15) is 18.9 Å². The lowest BCUT2D eigenvalue weighted by atomic mass is 10.2. The molecule has 0 unspecified atom stereocenters. The second-order valence-corrected chi connectivity index (χ2v) is 4.27. The average molecular weight is 295 g/mol. The van der Waals surface area contributed by atoms with E-state index in [1.807, 2.05) is 0 Å². The van der Waals surface area contributed by atoms with Gasteiger partial charge in [-0.25, -0.2) is 8.78 Å². The van der Waals surface area contributed by atoms with Gasteiger partial charge in [0, 0.05) is 11.6 Å². The Balaban J connectivity index is 2.18. The van der Waals surface area contributed by atoms with Gasteiger partial charge in [-0.05, 0) is 29.8 Å². The summed E-state index contributed by atoms with van der Waals surface area (Å²) in [6.07, 6.45) is 0. The number of hydrogen-bond acceptors (Lipinski definition) is 4. The number of rotatable bonds is 5. The Hall–Kier alpha value is -2.54. The van der Waals surface area contributed by atoms with Crippen LogP contribution < -0.4 is 4.74 Å². The normalized spacial score (nSPS) is 10.4. The number of aliphatic hydroxyl groups is 1. The predicted molar refractivity (Wildman–Crippen MR) is 69.7 cm³/mol. The molecule has 110 valence electrons. The maximum Gasteiger partial charge on any atom is 0.272 e. The van der Waals surface area contributed by atoms with Crippen molar-refractivity contribution >= 4 is 5.69 Å². The van der Waals surface area contributed by atoms with Crippen LogP contribution >= 0.6 is 0 Å². The van der Waals surface area contributed by atoms with Crippen molar-refractivity contribution in [3.8, 4) is 5.75 Å². The second kappa shape index (κ2) is 6.27. The Morgan fingerprint density at radius 2 is 1.90 bits per heavy atom. The third-order valence-corrected chi connectivity index (χ3v) is 2.74. The van der Waals surface area contributed by atoms with Crippen LogP contribution in [0.2, 0.25) is 0 Å². The van der Waals surface area contributed by atoms with Gasteiger partial charge in [0.2, 0.25) is 0 Å². The van der Waals surface area contributed by atoms with Crippen LogP contribution in [0.15, 0.2) is 36.4 Å². The summed E-state index contributed by atoms with van der Waals surface area (Å²) in [4.78, 5) is 9.94. The van der Waals surface area contributed by atoms with Crippen molar-refractivity contribution < 1.29 is 23.5 Å². The highest BCUT2D eigenvalue weighted by Crippen LogP contribution is 2.22. The number of hydrogen-bond donors (Lipinski definition) is 1. The molecular weight excluding hydrogens is 284 g/mol. The summed E-state index contributed by atoms with van der Waals surface area (Å²) < 4.78 is 31.6.